The highest BCUT2D eigenvalue weighted by molar-refractivity contribution is 5.90. The van der Waals surface area contributed by atoms with Crippen LogP contribution < -0.4 is 4.74 Å². The number of hydrogen-bond acceptors (Lipinski definition) is 2. The van der Waals surface area contributed by atoms with Gasteiger partial charge in [0, 0.05) is 11.6 Å². The second kappa shape index (κ2) is 6.04. The average molecular weight is 305 g/mol. The molecule has 0 fully saturated rings. The van der Waals surface area contributed by atoms with Crippen LogP contribution in [-0.2, 0) is 0 Å². The molecule has 2 aromatic carbocycles. The van der Waals surface area contributed by atoms with E-state index >= 15 is 0 Å². The van der Waals surface area contributed by atoms with Gasteiger partial charge in [0.25, 0.3) is 0 Å². The van der Waals surface area contributed by atoms with Gasteiger partial charge in [0.2, 0.25) is 5.88 Å². The van der Waals surface area contributed by atoms with Crippen molar-refractivity contribution in [2.24, 2.45) is 0 Å². The van der Waals surface area contributed by atoms with Crippen molar-refractivity contribution in [1.82, 2.24) is 4.98 Å². The summed E-state index contributed by atoms with van der Waals surface area (Å²) in [7, 11) is 0. The molecular formula is C21H23NO. The minimum Gasteiger partial charge on any atom is -0.438 e. The van der Waals surface area contributed by atoms with E-state index in [9.17, 15) is 0 Å². The van der Waals surface area contributed by atoms with Gasteiger partial charge in [-0.05, 0) is 78.6 Å². The lowest BCUT2D eigenvalue weighted by Gasteiger charge is -2.14. The smallest absolute Gasteiger partial charge is 0.227 e. The van der Waals surface area contributed by atoms with Crippen molar-refractivity contribution in [2.45, 2.75) is 40.5 Å². The average Bonchev–Trinajstić information content (AvgIpc) is 2.47. The molecule has 0 unspecified atom stereocenters. The van der Waals surface area contributed by atoms with Gasteiger partial charge < -0.3 is 4.74 Å². The van der Waals surface area contributed by atoms with Crippen molar-refractivity contribution in [3.05, 3.63) is 64.8 Å². The van der Waals surface area contributed by atoms with E-state index in [1.165, 1.54) is 27.6 Å². The molecule has 0 aliphatic rings. The lowest BCUT2D eigenvalue weighted by Crippen LogP contribution is -1.96. The highest BCUT2D eigenvalue weighted by Crippen LogP contribution is 2.33. The summed E-state index contributed by atoms with van der Waals surface area (Å²) in [5.41, 5.74) is 5.07. The summed E-state index contributed by atoms with van der Waals surface area (Å²) in [4.78, 5) is 4.45. The SMILES string of the molecule is Cc1cc(C)cc(Oc2nccc3c(C)c(C(C)C)ccc23)c1. The highest BCUT2D eigenvalue weighted by Gasteiger charge is 2.11. The van der Waals surface area contributed by atoms with Crippen LogP contribution >= 0.6 is 0 Å². The van der Waals surface area contributed by atoms with E-state index in [1.54, 1.807) is 0 Å². The van der Waals surface area contributed by atoms with E-state index in [2.05, 4.69) is 63.9 Å². The molecule has 0 radical (unpaired) electrons. The first kappa shape index (κ1) is 15.5. The third-order valence-corrected chi connectivity index (χ3v) is 4.25. The summed E-state index contributed by atoms with van der Waals surface area (Å²) in [5, 5.41) is 2.28. The van der Waals surface area contributed by atoms with Gasteiger partial charge in [0.05, 0.1) is 0 Å². The Labute approximate surface area is 138 Å². The lowest BCUT2D eigenvalue weighted by molar-refractivity contribution is 0.468. The van der Waals surface area contributed by atoms with Crippen LogP contribution in [0, 0.1) is 20.8 Å². The number of aromatic nitrogens is 1. The van der Waals surface area contributed by atoms with Crippen LogP contribution in [0.15, 0.2) is 42.6 Å². The van der Waals surface area contributed by atoms with Crippen molar-refractivity contribution < 1.29 is 4.74 Å². The number of benzene rings is 2. The lowest BCUT2D eigenvalue weighted by atomic mass is 9.94. The number of rotatable bonds is 3. The minimum atomic E-state index is 0.511. The number of hydrogen-bond donors (Lipinski definition) is 0. The summed E-state index contributed by atoms with van der Waals surface area (Å²) in [6, 6.07) is 12.6. The second-order valence-corrected chi connectivity index (χ2v) is 6.57. The molecule has 0 aliphatic carbocycles. The predicted molar refractivity (Wildman–Crippen MR) is 96.6 cm³/mol. The first-order valence-corrected chi connectivity index (χ1v) is 8.10. The van der Waals surface area contributed by atoms with Crippen LogP contribution in [0.3, 0.4) is 0 Å². The van der Waals surface area contributed by atoms with E-state index < -0.39 is 0 Å². The Bertz CT molecular complexity index is 845. The van der Waals surface area contributed by atoms with Gasteiger partial charge >= 0.3 is 0 Å². The summed E-state index contributed by atoms with van der Waals surface area (Å²) in [6.45, 7) is 10.8. The van der Waals surface area contributed by atoms with Crippen LogP contribution in [-0.4, -0.2) is 4.98 Å². The van der Waals surface area contributed by atoms with Crippen molar-refractivity contribution in [1.29, 1.82) is 0 Å². The van der Waals surface area contributed by atoms with Gasteiger partial charge in [-0.3, -0.25) is 0 Å². The van der Waals surface area contributed by atoms with Gasteiger partial charge in [-0.15, -0.1) is 0 Å². The molecule has 1 heterocycles. The third kappa shape index (κ3) is 3.07. The molecule has 0 atom stereocenters. The second-order valence-electron chi connectivity index (χ2n) is 6.57. The molecular weight excluding hydrogens is 282 g/mol. The number of nitrogens with zero attached hydrogens (tertiary/aromatic N) is 1. The molecule has 0 bridgehead atoms. The fourth-order valence-electron chi connectivity index (χ4n) is 3.21. The maximum absolute atomic E-state index is 6.10. The summed E-state index contributed by atoms with van der Waals surface area (Å²) >= 11 is 0. The first-order valence-electron chi connectivity index (χ1n) is 8.10. The molecule has 1 aromatic heterocycles. The molecule has 23 heavy (non-hydrogen) atoms. The van der Waals surface area contributed by atoms with Crippen molar-refractivity contribution in [2.75, 3.05) is 0 Å². The predicted octanol–water partition coefficient (Wildman–Crippen LogP) is 6.08. The van der Waals surface area contributed by atoms with Crippen LogP contribution in [0.5, 0.6) is 11.6 Å². The Kier molecular flexibility index (Phi) is 4.08. The van der Waals surface area contributed by atoms with Crippen LogP contribution in [0.2, 0.25) is 0 Å². The van der Waals surface area contributed by atoms with E-state index in [1.807, 2.05) is 18.3 Å². The molecule has 0 saturated carbocycles. The van der Waals surface area contributed by atoms with E-state index in [-0.39, 0.29) is 0 Å². The quantitative estimate of drug-likeness (QED) is 0.585. The number of pyridine rings is 1. The molecule has 0 amide bonds. The normalized spacial score (nSPS) is 11.2. The monoisotopic (exact) mass is 305 g/mol. The summed E-state index contributed by atoms with van der Waals surface area (Å²) in [5.74, 6) is 2.02. The van der Waals surface area contributed by atoms with Crippen molar-refractivity contribution >= 4 is 10.8 Å². The topological polar surface area (TPSA) is 22.1 Å². The molecule has 3 rings (SSSR count). The number of aryl methyl sites for hydroxylation is 3. The first-order chi connectivity index (χ1) is 11.0. The Balaban J connectivity index is 2.10. The van der Waals surface area contributed by atoms with Gasteiger partial charge in [0.15, 0.2) is 0 Å². The van der Waals surface area contributed by atoms with E-state index in [0.29, 0.717) is 11.8 Å². The van der Waals surface area contributed by atoms with Crippen molar-refractivity contribution in [3.8, 4) is 11.6 Å². The van der Waals surface area contributed by atoms with Crippen LogP contribution in [0.25, 0.3) is 10.8 Å². The number of fused-ring (bicyclic) bond motifs is 1. The Morgan fingerprint density at radius 1 is 0.870 bits per heavy atom. The molecule has 2 heteroatoms. The van der Waals surface area contributed by atoms with Crippen molar-refractivity contribution in [3.63, 3.8) is 0 Å². The Hall–Kier alpha value is -2.35. The molecule has 2 nitrogen and oxygen atoms in total. The zero-order valence-corrected chi connectivity index (χ0v) is 14.5. The maximum atomic E-state index is 6.10. The number of ether oxygens (including phenoxy) is 1. The molecule has 0 spiro atoms. The van der Waals surface area contributed by atoms with E-state index in [4.69, 9.17) is 4.74 Å². The van der Waals surface area contributed by atoms with Crippen LogP contribution in [0.1, 0.15) is 42.0 Å². The fourth-order valence-corrected chi connectivity index (χ4v) is 3.21. The fraction of sp³-hybridized carbons (Fsp3) is 0.286. The zero-order chi connectivity index (χ0) is 16.6. The largest absolute Gasteiger partial charge is 0.438 e. The third-order valence-electron chi connectivity index (χ3n) is 4.25. The van der Waals surface area contributed by atoms with Gasteiger partial charge in [-0.1, -0.05) is 26.0 Å². The zero-order valence-electron chi connectivity index (χ0n) is 14.5. The Morgan fingerprint density at radius 3 is 2.22 bits per heavy atom. The summed E-state index contributed by atoms with van der Waals surface area (Å²) in [6.07, 6.45) is 1.83. The molecule has 0 N–H and O–H groups in total. The molecule has 118 valence electrons. The molecule has 0 aliphatic heterocycles. The molecule has 0 saturated heterocycles. The maximum Gasteiger partial charge on any atom is 0.227 e. The van der Waals surface area contributed by atoms with E-state index in [0.717, 1.165) is 11.1 Å². The standard InChI is InChI=1S/C21H23NO/c1-13(2)18-6-7-20-19(16(18)5)8-9-22-21(20)23-17-11-14(3)10-15(4)12-17/h6-13H,1-5H3. The summed E-state index contributed by atoms with van der Waals surface area (Å²) < 4.78 is 6.10. The van der Waals surface area contributed by atoms with Gasteiger partial charge in [-0.2, -0.15) is 0 Å². The minimum absolute atomic E-state index is 0.511. The van der Waals surface area contributed by atoms with Gasteiger partial charge in [0.1, 0.15) is 5.75 Å². The molecule has 3 aromatic rings. The highest BCUT2D eigenvalue weighted by atomic mass is 16.5. The van der Waals surface area contributed by atoms with Gasteiger partial charge in [-0.25, -0.2) is 4.98 Å². The van der Waals surface area contributed by atoms with Crippen LogP contribution in [0.4, 0.5) is 0 Å². The Morgan fingerprint density at radius 2 is 1.57 bits per heavy atom.